The standard InChI is InChI=1S/C13H10FN3O3/c1-8-3-2-4-12(15-8)16-13(18)10-7-9(14)5-6-11(10)17(19)20/h2-7H,1H3,(H,15,16,18). The molecule has 0 atom stereocenters. The van der Waals surface area contributed by atoms with Crippen molar-refractivity contribution < 1.29 is 14.1 Å². The minimum absolute atomic E-state index is 0.244. The summed E-state index contributed by atoms with van der Waals surface area (Å²) in [6.07, 6.45) is 0. The Kier molecular flexibility index (Phi) is 3.69. The van der Waals surface area contributed by atoms with Crippen LogP contribution in [0.1, 0.15) is 16.1 Å². The van der Waals surface area contributed by atoms with Crippen molar-refractivity contribution in [3.05, 3.63) is 63.6 Å². The molecule has 102 valence electrons. The fourth-order valence-corrected chi connectivity index (χ4v) is 1.65. The molecule has 1 amide bonds. The molecule has 0 aliphatic heterocycles. The van der Waals surface area contributed by atoms with Crippen molar-refractivity contribution in [2.75, 3.05) is 5.32 Å². The Bertz CT molecular complexity index is 688. The minimum atomic E-state index is -0.783. The van der Waals surface area contributed by atoms with Crippen LogP contribution in [0.5, 0.6) is 0 Å². The molecule has 0 aliphatic carbocycles. The predicted molar refractivity (Wildman–Crippen MR) is 70.0 cm³/mol. The van der Waals surface area contributed by atoms with Gasteiger partial charge in [0.15, 0.2) is 0 Å². The molecule has 0 aliphatic rings. The van der Waals surface area contributed by atoms with Crippen LogP contribution < -0.4 is 5.32 Å². The number of nitro benzene ring substituents is 1. The van der Waals surface area contributed by atoms with Crippen LogP contribution in [0.3, 0.4) is 0 Å². The SMILES string of the molecule is Cc1cccc(NC(=O)c2cc(F)ccc2[N+](=O)[O-])n1. The van der Waals surface area contributed by atoms with Crippen LogP contribution in [0.2, 0.25) is 0 Å². The first-order chi connectivity index (χ1) is 9.47. The van der Waals surface area contributed by atoms with Gasteiger partial charge in [-0.3, -0.25) is 14.9 Å². The van der Waals surface area contributed by atoms with Gasteiger partial charge in [0.1, 0.15) is 17.2 Å². The van der Waals surface area contributed by atoms with Gasteiger partial charge in [0.25, 0.3) is 11.6 Å². The van der Waals surface area contributed by atoms with Crippen molar-refractivity contribution in [2.24, 2.45) is 0 Å². The predicted octanol–water partition coefficient (Wildman–Crippen LogP) is 2.69. The van der Waals surface area contributed by atoms with Gasteiger partial charge in [-0.15, -0.1) is 0 Å². The van der Waals surface area contributed by atoms with Gasteiger partial charge in [0.05, 0.1) is 4.92 Å². The maximum Gasteiger partial charge on any atom is 0.282 e. The van der Waals surface area contributed by atoms with Gasteiger partial charge in [-0.05, 0) is 31.2 Å². The number of nitro groups is 1. The number of nitrogens with one attached hydrogen (secondary N) is 1. The number of aromatic nitrogens is 1. The zero-order valence-corrected chi connectivity index (χ0v) is 10.5. The third-order valence-corrected chi connectivity index (χ3v) is 2.53. The smallest absolute Gasteiger partial charge is 0.282 e. The molecule has 1 aromatic carbocycles. The van der Waals surface area contributed by atoms with Gasteiger partial charge in [-0.1, -0.05) is 6.07 Å². The molecule has 0 unspecified atom stereocenters. The highest BCUT2D eigenvalue weighted by Gasteiger charge is 2.21. The monoisotopic (exact) mass is 275 g/mol. The van der Waals surface area contributed by atoms with Crippen molar-refractivity contribution in [1.82, 2.24) is 4.98 Å². The lowest BCUT2D eigenvalue weighted by atomic mass is 10.1. The van der Waals surface area contributed by atoms with E-state index in [4.69, 9.17) is 0 Å². The summed E-state index contributed by atoms with van der Waals surface area (Å²) in [6, 6.07) is 7.66. The number of nitrogens with zero attached hydrogens (tertiary/aromatic N) is 2. The van der Waals surface area contributed by atoms with E-state index < -0.39 is 22.3 Å². The maximum atomic E-state index is 13.2. The Morgan fingerprint density at radius 2 is 2.10 bits per heavy atom. The lowest BCUT2D eigenvalue weighted by Crippen LogP contribution is -2.15. The second-order valence-electron chi connectivity index (χ2n) is 4.04. The number of hydrogen-bond acceptors (Lipinski definition) is 4. The van der Waals surface area contributed by atoms with Crippen LogP contribution in [0.15, 0.2) is 36.4 Å². The number of amides is 1. The highest BCUT2D eigenvalue weighted by molar-refractivity contribution is 6.06. The average Bonchev–Trinajstić information content (AvgIpc) is 2.38. The molecule has 0 saturated carbocycles. The largest absolute Gasteiger partial charge is 0.306 e. The minimum Gasteiger partial charge on any atom is -0.306 e. The number of aryl methyl sites for hydroxylation is 1. The van der Waals surface area contributed by atoms with E-state index in [1.54, 1.807) is 19.1 Å². The van der Waals surface area contributed by atoms with E-state index in [0.717, 1.165) is 18.2 Å². The highest BCUT2D eigenvalue weighted by atomic mass is 19.1. The lowest BCUT2D eigenvalue weighted by molar-refractivity contribution is -0.385. The Balaban J connectivity index is 2.34. The summed E-state index contributed by atoms with van der Waals surface area (Å²) in [4.78, 5) is 26.1. The molecule has 2 rings (SSSR count). The van der Waals surface area contributed by atoms with Gasteiger partial charge >= 0.3 is 0 Å². The Morgan fingerprint density at radius 1 is 1.35 bits per heavy atom. The van der Waals surface area contributed by atoms with Gasteiger partial charge in [-0.25, -0.2) is 9.37 Å². The third-order valence-electron chi connectivity index (χ3n) is 2.53. The number of halogens is 1. The summed E-state index contributed by atoms with van der Waals surface area (Å²) in [6.45, 7) is 1.74. The fraction of sp³-hybridized carbons (Fsp3) is 0.0769. The van der Waals surface area contributed by atoms with Crippen LogP contribution in [0.4, 0.5) is 15.9 Å². The van der Waals surface area contributed by atoms with Gasteiger partial charge in [0.2, 0.25) is 0 Å². The second kappa shape index (κ2) is 5.43. The Morgan fingerprint density at radius 3 is 2.75 bits per heavy atom. The summed E-state index contributed by atoms with van der Waals surface area (Å²) in [5.41, 5.74) is -0.133. The van der Waals surface area contributed by atoms with Crippen molar-refractivity contribution in [2.45, 2.75) is 6.92 Å². The average molecular weight is 275 g/mol. The van der Waals surface area contributed by atoms with E-state index in [1.807, 2.05) is 0 Å². The van der Waals surface area contributed by atoms with Crippen molar-refractivity contribution in [3.63, 3.8) is 0 Å². The highest BCUT2D eigenvalue weighted by Crippen LogP contribution is 2.20. The molecule has 0 bridgehead atoms. The van der Waals surface area contributed by atoms with Crippen LogP contribution in [-0.2, 0) is 0 Å². The maximum absolute atomic E-state index is 13.2. The van der Waals surface area contributed by atoms with Gasteiger partial charge in [-0.2, -0.15) is 0 Å². The summed E-state index contributed by atoms with van der Waals surface area (Å²) < 4.78 is 13.2. The quantitative estimate of drug-likeness (QED) is 0.689. The topological polar surface area (TPSA) is 85.1 Å². The zero-order chi connectivity index (χ0) is 14.7. The first-order valence-corrected chi connectivity index (χ1v) is 5.66. The van der Waals surface area contributed by atoms with E-state index in [9.17, 15) is 19.3 Å². The van der Waals surface area contributed by atoms with E-state index in [1.165, 1.54) is 6.07 Å². The van der Waals surface area contributed by atoms with Crippen LogP contribution in [-0.4, -0.2) is 15.8 Å². The number of hydrogen-bond donors (Lipinski definition) is 1. The number of carbonyl (C=O) groups excluding carboxylic acids is 1. The third kappa shape index (κ3) is 2.94. The summed E-state index contributed by atoms with van der Waals surface area (Å²) >= 11 is 0. The zero-order valence-electron chi connectivity index (χ0n) is 10.5. The summed E-state index contributed by atoms with van der Waals surface area (Å²) in [7, 11) is 0. The Hall–Kier alpha value is -2.83. The van der Waals surface area contributed by atoms with Crippen molar-refractivity contribution in [1.29, 1.82) is 0 Å². The summed E-state index contributed by atoms with van der Waals surface area (Å²) in [5.74, 6) is -1.26. The number of benzene rings is 1. The van der Waals surface area contributed by atoms with Crippen LogP contribution in [0, 0.1) is 22.9 Å². The lowest BCUT2D eigenvalue weighted by Gasteiger charge is -2.05. The molecule has 1 heterocycles. The second-order valence-corrected chi connectivity index (χ2v) is 4.04. The van der Waals surface area contributed by atoms with E-state index >= 15 is 0 Å². The number of anilines is 1. The Labute approximate surface area is 113 Å². The van der Waals surface area contributed by atoms with Crippen molar-refractivity contribution >= 4 is 17.4 Å². The van der Waals surface area contributed by atoms with E-state index in [-0.39, 0.29) is 11.4 Å². The molecule has 1 N–H and O–H groups in total. The van der Waals surface area contributed by atoms with Crippen LogP contribution in [0.25, 0.3) is 0 Å². The first kappa shape index (κ1) is 13.6. The normalized spacial score (nSPS) is 10.1. The molecule has 0 fully saturated rings. The molecule has 20 heavy (non-hydrogen) atoms. The molecule has 7 heteroatoms. The molecule has 6 nitrogen and oxygen atoms in total. The molecule has 0 saturated heterocycles. The number of carbonyl (C=O) groups is 1. The molecule has 2 aromatic rings. The van der Waals surface area contributed by atoms with Gasteiger partial charge < -0.3 is 5.32 Å². The van der Waals surface area contributed by atoms with Gasteiger partial charge in [0, 0.05) is 11.8 Å². The molecule has 1 aromatic heterocycles. The number of rotatable bonds is 3. The fourth-order valence-electron chi connectivity index (χ4n) is 1.65. The van der Waals surface area contributed by atoms with E-state index in [2.05, 4.69) is 10.3 Å². The van der Waals surface area contributed by atoms with Crippen molar-refractivity contribution in [3.8, 4) is 0 Å². The first-order valence-electron chi connectivity index (χ1n) is 5.66. The van der Waals surface area contributed by atoms with E-state index in [0.29, 0.717) is 5.69 Å². The van der Waals surface area contributed by atoms with Crippen LogP contribution >= 0.6 is 0 Å². The number of pyridine rings is 1. The summed E-state index contributed by atoms with van der Waals surface area (Å²) in [5, 5.41) is 13.2. The molecule has 0 spiro atoms. The molecule has 0 radical (unpaired) electrons. The molecular formula is C13H10FN3O3. The molecular weight excluding hydrogens is 265 g/mol.